The van der Waals surface area contributed by atoms with Gasteiger partial charge in [-0.15, -0.1) is 0 Å². The Kier molecular flexibility index (Phi) is 3.14. The van der Waals surface area contributed by atoms with Crippen molar-refractivity contribution in [2.24, 2.45) is 0 Å². The van der Waals surface area contributed by atoms with E-state index >= 15 is 0 Å². The molecule has 0 unspecified atom stereocenters. The van der Waals surface area contributed by atoms with Crippen molar-refractivity contribution < 1.29 is 14.4 Å². The van der Waals surface area contributed by atoms with E-state index in [1.807, 2.05) is 31.2 Å². The average molecular weight is 279 g/mol. The van der Waals surface area contributed by atoms with Gasteiger partial charge in [-0.1, -0.05) is 48.0 Å². The first-order valence-electron chi connectivity index (χ1n) is 6.63. The summed E-state index contributed by atoms with van der Waals surface area (Å²) in [7, 11) is 0. The summed E-state index contributed by atoms with van der Waals surface area (Å²) in [5.74, 6) is -1.81. The Labute approximate surface area is 122 Å². The molecule has 1 aliphatic rings. The fourth-order valence-corrected chi connectivity index (χ4v) is 2.36. The molecule has 0 aliphatic carbocycles. The molecule has 0 saturated carbocycles. The normalized spacial score (nSPS) is 14.3. The van der Waals surface area contributed by atoms with E-state index in [0.29, 0.717) is 0 Å². The highest BCUT2D eigenvalue weighted by atomic mass is 16.2. The van der Waals surface area contributed by atoms with Crippen LogP contribution < -0.4 is 0 Å². The van der Waals surface area contributed by atoms with E-state index in [4.69, 9.17) is 0 Å². The van der Waals surface area contributed by atoms with Crippen molar-refractivity contribution in [1.29, 1.82) is 0 Å². The van der Waals surface area contributed by atoms with E-state index in [0.717, 1.165) is 16.0 Å². The smallest absolute Gasteiger partial charge is 0.283 e. The second-order valence-electron chi connectivity index (χ2n) is 5.06. The summed E-state index contributed by atoms with van der Waals surface area (Å²) < 4.78 is 0. The molecule has 4 nitrogen and oxygen atoms in total. The van der Waals surface area contributed by atoms with Gasteiger partial charge in [-0.3, -0.25) is 19.3 Å². The molecule has 4 heteroatoms. The molecule has 2 aromatic rings. The van der Waals surface area contributed by atoms with Crippen LogP contribution in [0, 0.1) is 6.92 Å². The summed E-state index contributed by atoms with van der Waals surface area (Å²) in [6.45, 7) is 2.07. The first-order chi connectivity index (χ1) is 10.1. The van der Waals surface area contributed by atoms with Gasteiger partial charge in [-0.2, -0.15) is 0 Å². The number of amides is 2. The van der Waals surface area contributed by atoms with Crippen molar-refractivity contribution in [1.82, 2.24) is 4.90 Å². The van der Waals surface area contributed by atoms with Crippen LogP contribution in [-0.4, -0.2) is 22.5 Å². The number of fused-ring (bicyclic) bond motifs is 1. The van der Waals surface area contributed by atoms with E-state index < -0.39 is 17.6 Å². The molecule has 1 aliphatic heterocycles. The predicted octanol–water partition coefficient (Wildman–Crippen LogP) is 2.36. The summed E-state index contributed by atoms with van der Waals surface area (Å²) in [5, 5.41) is 0. The Morgan fingerprint density at radius 3 is 2.10 bits per heavy atom. The molecule has 0 radical (unpaired) electrons. The standard InChI is InChI=1S/C17H13NO3/c1-11-6-8-12(9-7-11)10-18-16(20)14-5-3-2-4-13(14)15(19)17(18)21/h2-9H,10H2,1H3. The minimum absolute atomic E-state index is 0.109. The van der Waals surface area contributed by atoms with Crippen LogP contribution in [0.3, 0.4) is 0 Å². The number of imide groups is 1. The molecular formula is C17H13NO3. The average Bonchev–Trinajstić information content (AvgIpc) is 2.51. The number of ketones is 1. The summed E-state index contributed by atoms with van der Waals surface area (Å²) in [6, 6.07) is 13.9. The monoisotopic (exact) mass is 279 g/mol. The molecule has 0 aromatic heterocycles. The van der Waals surface area contributed by atoms with Crippen LogP contribution in [0.1, 0.15) is 31.8 Å². The summed E-state index contributed by atoms with van der Waals surface area (Å²) in [4.78, 5) is 37.6. The van der Waals surface area contributed by atoms with Crippen molar-refractivity contribution in [3.05, 3.63) is 70.8 Å². The number of carbonyl (C=O) groups excluding carboxylic acids is 3. The van der Waals surface area contributed by atoms with Crippen LogP contribution in [0.15, 0.2) is 48.5 Å². The largest absolute Gasteiger partial charge is 0.302 e. The minimum atomic E-state index is -0.765. The lowest BCUT2D eigenvalue weighted by Crippen LogP contribution is -2.45. The van der Waals surface area contributed by atoms with Crippen molar-refractivity contribution >= 4 is 17.6 Å². The Hall–Kier alpha value is -2.75. The number of aryl methyl sites for hydroxylation is 1. The summed E-state index contributed by atoms with van der Waals surface area (Å²) >= 11 is 0. The first kappa shape index (κ1) is 13.2. The molecule has 0 spiro atoms. The van der Waals surface area contributed by atoms with Crippen LogP contribution >= 0.6 is 0 Å². The summed E-state index contributed by atoms with van der Waals surface area (Å²) in [6.07, 6.45) is 0. The molecule has 104 valence electrons. The number of rotatable bonds is 2. The molecule has 0 N–H and O–H groups in total. The molecular weight excluding hydrogens is 266 g/mol. The Bertz CT molecular complexity index is 747. The molecule has 0 saturated heterocycles. The molecule has 1 heterocycles. The SMILES string of the molecule is Cc1ccc(CN2C(=O)C(=O)c3ccccc3C2=O)cc1. The lowest BCUT2D eigenvalue weighted by molar-refractivity contribution is -0.124. The van der Waals surface area contributed by atoms with Crippen molar-refractivity contribution in [3.63, 3.8) is 0 Å². The Balaban J connectivity index is 1.97. The fraction of sp³-hybridized carbons (Fsp3) is 0.118. The van der Waals surface area contributed by atoms with E-state index in [1.165, 1.54) is 6.07 Å². The van der Waals surface area contributed by atoms with Crippen LogP contribution in [0.4, 0.5) is 0 Å². The van der Waals surface area contributed by atoms with Gasteiger partial charge < -0.3 is 0 Å². The number of Topliss-reactive ketones (excluding diaryl/α,β-unsaturated/α-hetero) is 1. The molecule has 21 heavy (non-hydrogen) atoms. The van der Waals surface area contributed by atoms with Crippen LogP contribution in [-0.2, 0) is 11.3 Å². The van der Waals surface area contributed by atoms with Crippen LogP contribution in [0.5, 0.6) is 0 Å². The molecule has 2 aromatic carbocycles. The van der Waals surface area contributed by atoms with Crippen molar-refractivity contribution in [2.75, 3.05) is 0 Å². The number of hydrogen-bond acceptors (Lipinski definition) is 3. The van der Waals surface area contributed by atoms with Gasteiger partial charge >= 0.3 is 5.91 Å². The maximum Gasteiger partial charge on any atom is 0.302 e. The lowest BCUT2D eigenvalue weighted by atomic mass is 9.97. The van der Waals surface area contributed by atoms with Crippen molar-refractivity contribution in [2.45, 2.75) is 13.5 Å². The van der Waals surface area contributed by atoms with Gasteiger partial charge in [0.1, 0.15) is 0 Å². The van der Waals surface area contributed by atoms with Gasteiger partial charge in [0.2, 0.25) is 0 Å². The topological polar surface area (TPSA) is 54.5 Å². The Morgan fingerprint density at radius 1 is 0.810 bits per heavy atom. The lowest BCUT2D eigenvalue weighted by Gasteiger charge is -2.25. The van der Waals surface area contributed by atoms with E-state index in [2.05, 4.69) is 0 Å². The zero-order valence-corrected chi connectivity index (χ0v) is 11.5. The zero-order chi connectivity index (χ0) is 15.0. The van der Waals surface area contributed by atoms with Gasteiger partial charge in [0.05, 0.1) is 12.1 Å². The maximum absolute atomic E-state index is 12.4. The quantitative estimate of drug-likeness (QED) is 0.626. The molecule has 0 bridgehead atoms. The third kappa shape index (κ3) is 2.25. The molecule has 0 atom stereocenters. The van der Waals surface area contributed by atoms with E-state index in [1.54, 1.807) is 18.2 Å². The third-order valence-corrected chi connectivity index (χ3v) is 3.55. The molecule has 0 fully saturated rings. The Morgan fingerprint density at radius 2 is 1.43 bits per heavy atom. The highest BCUT2D eigenvalue weighted by Crippen LogP contribution is 2.21. The number of hydrogen-bond donors (Lipinski definition) is 0. The predicted molar refractivity (Wildman–Crippen MR) is 76.8 cm³/mol. The van der Waals surface area contributed by atoms with E-state index in [9.17, 15) is 14.4 Å². The van der Waals surface area contributed by atoms with E-state index in [-0.39, 0.29) is 17.7 Å². The minimum Gasteiger partial charge on any atom is -0.283 e. The number of benzene rings is 2. The fourth-order valence-electron chi connectivity index (χ4n) is 2.36. The highest BCUT2D eigenvalue weighted by Gasteiger charge is 2.37. The summed E-state index contributed by atoms with van der Waals surface area (Å²) in [5.41, 5.74) is 2.38. The second-order valence-corrected chi connectivity index (χ2v) is 5.06. The number of nitrogens with zero attached hydrogens (tertiary/aromatic N) is 1. The van der Waals surface area contributed by atoms with Gasteiger partial charge in [-0.05, 0) is 18.6 Å². The molecule has 3 rings (SSSR count). The van der Waals surface area contributed by atoms with Crippen molar-refractivity contribution in [3.8, 4) is 0 Å². The zero-order valence-electron chi connectivity index (χ0n) is 11.5. The first-order valence-corrected chi connectivity index (χ1v) is 6.63. The second kappa shape index (κ2) is 4.98. The van der Waals surface area contributed by atoms with Crippen LogP contribution in [0.2, 0.25) is 0 Å². The van der Waals surface area contributed by atoms with Gasteiger partial charge in [0.15, 0.2) is 0 Å². The van der Waals surface area contributed by atoms with Gasteiger partial charge in [0.25, 0.3) is 11.7 Å². The van der Waals surface area contributed by atoms with Gasteiger partial charge in [-0.25, -0.2) is 0 Å². The third-order valence-electron chi connectivity index (χ3n) is 3.55. The van der Waals surface area contributed by atoms with Crippen LogP contribution in [0.25, 0.3) is 0 Å². The highest BCUT2D eigenvalue weighted by molar-refractivity contribution is 6.49. The molecule has 2 amide bonds. The number of carbonyl (C=O) groups is 3. The van der Waals surface area contributed by atoms with Gasteiger partial charge in [0, 0.05) is 5.56 Å². The maximum atomic E-state index is 12.4.